The maximum atomic E-state index is 12.8. The van der Waals surface area contributed by atoms with Gasteiger partial charge in [-0.05, 0) is 25.1 Å². The van der Waals surface area contributed by atoms with Gasteiger partial charge in [0.1, 0.15) is 17.4 Å². The van der Waals surface area contributed by atoms with Crippen LogP contribution in [-0.2, 0) is 6.18 Å². The summed E-state index contributed by atoms with van der Waals surface area (Å²) in [5, 5.41) is 9.30. The van der Waals surface area contributed by atoms with Gasteiger partial charge in [0.05, 0.1) is 0 Å². The molecule has 3 rings (SSSR count). The molecule has 1 aromatic carbocycles. The highest BCUT2D eigenvalue weighted by molar-refractivity contribution is 5.75. The number of aromatic nitrogens is 3. The molecule has 27 heavy (non-hydrogen) atoms. The van der Waals surface area contributed by atoms with E-state index in [1.165, 1.54) is 6.07 Å². The number of nitrogens with one attached hydrogen (secondary N) is 1. The third kappa shape index (κ3) is 3.79. The first-order chi connectivity index (χ1) is 12.8. The van der Waals surface area contributed by atoms with E-state index < -0.39 is 23.4 Å². The van der Waals surface area contributed by atoms with E-state index in [2.05, 4.69) is 15.0 Å². The van der Waals surface area contributed by atoms with Crippen molar-refractivity contribution in [3.63, 3.8) is 0 Å². The minimum atomic E-state index is -4.64. The average molecular weight is 372 g/mol. The number of hydrogen-bond donors (Lipinski definition) is 1. The van der Waals surface area contributed by atoms with Crippen molar-refractivity contribution in [3.8, 4) is 29.0 Å². The Morgan fingerprint density at radius 3 is 2.63 bits per heavy atom. The molecule has 0 unspecified atom stereocenters. The first kappa shape index (κ1) is 18.1. The number of pyridine rings is 1. The lowest BCUT2D eigenvalue weighted by Crippen LogP contribution is -2.13. The van der Waals surface area contributed by atoms with Crippen molar-refractivity contribution in [2.24, 2.45) is 0 Å². The predicted molar refractivity (Wildman–Crippen MR) is 89.1 cm³/mol. The number of alkyl halides is 3. The normalized spacial score (nSPS) is 11.1. The first-order valence-electron chi connectivity index (χ1n) is 7.61. The third-order valence-corrected chi connectivity index (χ3v) is 3.58. The van der Waals surface area contributed by atoms with E-state index in [0.717, 1.165) is 12.3 Å². The maximum Gasteiger partial charge on any atom is 0.433 e. The number of ether oxygens (including phenoxy) is 1. The topological polar surface area (TPSA) is 91.7 Å². The molecule has 0 aliphatic heterocycles. The van der Waals surface area contributed by atoms with Gasteiger partial charge in [0.25, 0.3) is 5.56 Å². The Labute approximate surface area is 150 Å². The number of rotatable bonds is 3. The van der Waals surface area contributed by atoms with E-state index in [0.29, 0.717) is 16.8 Å². The molecule has 1 N–H and O–H groups in total. The number of nitrogens with zero attached hydrogens (tertiary/aromatic N) is 3. The summed E-state index contributed by atoms with van der Waals surface area (Å²) in [4.78, 5) is 21.6. The van der Waals surface area contributed by atoms with Gasteiger partial charge in [-0.3, -0.25) is 4.79 Å². The number of hydrogen-bond acceptors (Lipinski definition) is 5. The highest BCUT2D eigenvalue weighted by Gasteiger charge is 2.33. The van der Waals surface area contributed by atoms with E-state index >= 15 is 0 Å². The second-order valence-electron chi connectivity index (χ2n) is 5.50. The molecule has 0 aliphatic rings. The molecule has 2 heterocycles. The number of H-pyrrole nitrogens is 1. The van der Waals surface area contributed by atoms with Gasteiger partial charge in [0.2, 0.25) is 0 Å². The van der Waals surface area contributed by atoms with Gasteiger partial charge in [-0.2, -0.15) is 23.4 Å². The zero-order valence-electron chi connectivity index (χ0n) is 13.8. The first-order valence-corrected chi connectivity index (χ1v) is 7.61. The maximum absolute atomic E-state index is 12.8. The van der Waals surface area contributed by atoms with Crippen LogP contribution in [0.1, 0.15) is 17.0 Å². The minimum absolute atomic E-state index is 0.110. The Bertz CT molecular complexity index is 1100. The molecule has 3 aromatic rings. The molecular formula is C18H11F3N4O2. The minimum Gasteiger partial charge on any atom is -0.424 e. The predicted octanol–water partition coefficient (Wildman–Crippen LogP) is 3.82. The SMILES string of the molecule is Cc1cc(-c2ccccc2Oc2nccc(C(F)(F)F)n2)c(C#N)c(=O)[nH]1. The van der Waals surface area contributed by atoms with Crippen LogP contribution in [0.25, 0.3) is 11.1 Å². The fourth-order valence-electron chi connectivity index (χ4n) is 2.44. The summed E-state index contributed by atoms with van der Waals surface area (Å²) in [7, 11) is 0. The molecule has 136 valence electrons. The monoisotopic (exact) mass is 372 g/mol. The van der Waals surface area contributed by atoms with Crippen LogP contribution in [0.4, 0.5) is 13.2 Å². The molecule has 0 bridgehead atoms. The van der Waals surface area contributed by atoms with Crippen LogP contribution in [-0.4, -0.2) is 15.0 Å². The summed E-state index contributed by atoms with van der Waals surface area (Å²) in [6, 6.07) is 9.94. The van der Waals surface area contributed by atoms with E-state index in [9.17, 15) is 23.2 Å². The van der Waals surface area contributed by atoms with E-state index in [-0.39, 0.29) is 11.3 Å². The van der Waals surface area contributed by atoms with Gasteiger partial charge in [0.15, 0.2) is 5.69 Å². The number of para-hydroxylation sites is 1. The van der Waals surface area contributed by atoms with E-state index in [1.54, 1.807) is 31.2 Å². The fraction of sp³-hybridized carbons (Fsp3) is 0.111. The van der Waals surface area contributed by atoms with Crippen molar-refractivity contribution in [3.05, 3.63) is 69.9 Å². The van der Waals surface area contributed by atoms with Crippen LogP contribution < -0.4 is 10.3 Å². The molecule has 0 fully saturated rings. The van der Waals surface area contributed by atoms with Crippen molar-refractivity contribution in [2.75, 3.05) is 0 Å². The number of aromatic amines is 1. The lowest BCUT2D eigenvalue weighted by Gasteiger charge is -2.12. The van der Waals surface area contributed by atoms with Gasteiger partial charge >= 0.3 is 12.2 Å². The van der Waals surface area contributed by atoms with E-state index in [1.807, 2.05) is 6.07 Å². The fourth-order valence-corrected chi connectivity index (χ4v) is 2.44. The largest absolute Gasteiger partial charge is 0.433 e. The van der Waals surface area contributed by atoms with Crippen molar-refractivity contribution in [1.82, 2.24) is 15.0 Å². The molecule has 9 heteroatoms. The summed E-state index contributed by atoms with van der Waals surface area (Å²) < 4.78 is 43.9. The van der Waals surface area contributed by atoms with Crippen molar-refractivity contribution >= 4 is 0 Å². The van der Waals surface area contributed by atoms with Gasteiger partial charge in [0, 0.05) is 23.0 Å². The number of halogens is 3. The Morgan fingerprint density at radius 2 is 1.93 bits per heavy atom. The van der Waals surface area contributed by atoms with Crippen molar-refractivity contribution in [2.45, 2.75) is 13.1 Å². The summed E-state index contributed by atoms with van der Waals surface area (Å²) >= 11 is 0. The summed E-state index contributed by atoms with van der Waals surface area (Å²) in [6.07, 6.45) is -3.70. The third-order valence-electron chi connectivity index (χ3n) is 3.58. The average Bonchev–Trinajstić information content (AvgIpc) is 2.61. The smallest absolute Gasteiger partial charge is 0.424 e. The lowest BCUT2D eigenvalue weighted by molar-refractivity contribution is -0.141. The molecule has 0 atom stereocenters. The number of nitriles is 1. The second kappa shape index (κ2) is 6.92. The summed E-state index contributed by atoms with van der Waals surface area (Å²) in [5.74, 6) is 0.110. The summed E-state index contributed by atoms with van der Waals surface area (Å²) in [5.41, 5.74) is -0.696. The Balaban J connectivity index is 2.10. The Morgan fingerprint density at radius 1 is 1.19 bits per heavy atom. The van der Waals surface area contributed by atoms with Gasteiger partial charge in [-0.25, -0.2) is 4.98 Å². The zero-order valence-corrected chi connectivity index (χ0v) is 13.8. The molecule has 0 saturated carbocycles. The molecule has 6 nitrogen and oxygen atoms in total. The van der Waals surface area contributed by atoms with Crippen LogP contribution in [0.5, 0.6) is 11.8 Å². The van der Waals surface area contributed by atoms with Crippen LogP contribution in [0, 0.1) is 18.3 Å². The highest BCUT2D eigenvalue weighted by atomic mass is 19.4. The second-order valence-corrected chi connectivity index (χ2v) is 5.50. The molecule has 0 amide bonds. The quantitative estimate of drug-likeness (QED) is 0.755. The Hall–Kier alpha value is -3.67. The summed E-state index contributed by atoms with van der Waals surface area (Å²) in [6.45, 7) is 1.64. The molecule has 0 aliphatic carbocycles. The number of aryl methyl sites for hydroxylation is 1. The lowest BCUT2D eigenvalue weighted by atomic mass is 10.0. The van der Waals surface area contributed by atoms with Gasteiger partial charge < -0.3 is 9.72 Å². The highest BCUT2D eigenvalue weighted by Crippen LogP contribution is 2.34. The zero-order chi connectivity index (χ0) is 19.6. The molecule has 0 saturated heterocycles. The van der Waals surface area contributed by atoms with Gasteiger partial charge in [-0.1, -0.05) is 18.2 Å². The molecule has 0 spiro atoms. The van der Waals surface area contributed by atoms with Gasteiger partial charge in [-0.15, -0.1) is 0 Å². The molecular weight excluding hydrogens is 361 g/mol. The van der Waals surface area contributed by atoms with Crippen LogP contribution in [0.15, 0.2) is 47.4 Å². The molecule has 2 aromatic heterocycles. The van der Waals surface area contributed by atoms with Crippen molar-refractivity contribution < 1.29 is 17.9 Å². The standard InChI is InChI=1S/C18H11F3N4O2/c1-10-8-12(13(9-22)16(26)24-10)11-4-2-3-5-14(11)27-17-23-7-6-15(25-17)18(19,20)21/h2-8H,1H3,(H,24,26). The van der Waals surface area contributed by atoms with Crippen LogP contribution >= 0.6 is 0 Å². The number of benzene rings is 1. The van der Waals surface area contributed by atoms with Crippen LogP contribution in [0.2, 0.25) is 0 Å². The molecule has 0 radical (unpaired) electrons. The van der Waals surface area contributed by atoms with Crippen LogP contribution in [0.3, 0.4) is 0 Å². The van der Waals surface area contributed by atoms with Crippen molar-refractivity contribution in [1.29, 1.82) is 5.26 Å². The van der Waals surface area contributed by atoms with E-state index in [4.69, 9.17) is 4.74 Å². The Kier molecular flexibility index (Phi) is 4.64.